The van der Waals surface area contributed by atoms with Gasteiger partial charge in [-0.25, -0.2) is 0 Å². The maximum absolute atomic E-state index is 13.3. The van der Waals surface area contributed by atoms with E-state index in [0.717, 1.165) is 67.7 Å². The summed E-state index contributed by atoms with van der Waals surface area (Å²) < 4.78 is 39.1. The van der Waals surface area contributed by atoms with E-state index in [0.29, 0.717) is 23.1 Å². The van der Waals surface area contributed by atoms with Gasteiger partial charge in [0.05, 0.1) is 5.56 Å². The number of piperidine rings is 1. The van der Waals surface area contributed by atoms with E-state index in [9.17, 15) is 27.9 Å². The van der Waals surface area contributed by atoms with Crippen molar-refractivity contribution in [2.75, 3.05) is 19.6 Å². The van der Waals surface area contributed by atoms with Gasteiger partial charge in [-0.3, -0.25) is 9.59 Å². The molecular weight excluding hydrogens is 577 g/mol. The Morgan fingerprint density at radius 3 is 2.16 bits per heavy atom. The van der Waals surface area contributed by atoms with Crippen LogP contribution < -0.4 is 5.32 Å². The third kappa shape index (κ3) is 6.12. The highest BCUT2D eigenvalue weighted by atomic mass is 19.4. The number of hydrogen-bond donors (Lipinski definition) is 2. The second-order valence-corrected chi connectivity index (χ2v) is 12.1. The fourth-order valence-electron chi connectivity index (χ4n) is 7.09. The van der Waals surface area contributed by atoms with Gasteiger partial charge in [-0.1, -0.05) is 84.9 Å². The molecule has 1 saturated heterocycles. The van der Waals surface area contributed by atoms with Gasteiger partial charge in [0.1, 0.15) is 5.41 Å². The van der Waals surface area contributed by atoms with Crippen LogP contribution in [0, 0.1) is 0 Å². The molecule has 2 N–H and O–H groups in total. The van der Waals surface area contributed by atoms with E-state index in [-0.39, 0.29) is 17.9 Å². The van der Waals surface area contributed by atoms with Crippen LogP contribution in [0.5, 0.6) is 0 Å². The molecule has 1 heterocycles. The van der Waals surface area contributed by atoms with Crippen molar-refractivity contribution in [1.29, 1.82) is 0 Å². The van der Waals surface area contributed by atoms with Gasteiger partial charge in [0, 0.05) is 31.2 Å². The predicted molar refractivity (Wildman–Crippen MR) is 167 cm³/mol. The van der Waals surface area contributed by atoms with Gasteiger partial charge in [-0.15, -0.1) is 0 Å². The van der Waals surface area contributed by atoms with Crippen LogP contribution in [0.3, 0.4) is 0 Å². The normalized spacial score (nSPS) is 20.7. The number of alkyl halides is 3. The molecule has 0 spiro atoms. The van der Waals surface area contributed by atoms with Gasteiger partial charge in [0.15, 0.2) is 0 Å². The summed E-state index contributed by atoms with van der Waals surface area (Å²) in [7, 11) is 0. The number of halogens is 3. The minimum absolute atomic E-state index is 0.0224. The van der Waals surface area contributed by atoms with Crippen LogP contribution in [0.2, 0.25) is 0 Å². The second kappa shape index (κ2) is 12.5. The number of fused-ring (bicyclic) bond motifs is 1. The Labute approximate surface area is 260 Å². The van der Waals surface area contributed by atoms with Crippen LogP contribution in [0.1, 0.15) is 64.2 Å². The monoisotopic (exact) mass is 612 g/mol. The van der Waals surface area contributed by atoms with E-state index in [2.05, 4.69) is 16.3 Å². The molecule has 0 saturated carbocycles. The number of likely N-dealkylation sites (tertiary alicyclic amines) is 1. The third-order valence-corrected chi connectivity index (χ3v) is 9.46. The molecule has 1 aliphatic heterocycles. The number of carbonyl (C=O) groups excluding carboxylic acids is 1. The van der Waals surface area contributed by atoms with Crippen LogP contribution in [-0.4, -0.2) is 47.6 Å². The minimum Gasteiger partial charge on any atom is -0.480 e. The van der Waals surface area contributed by atoms with Crippen molar-refractivity contribution in [2.24, 2.45) is 0 Å². The Morgan fingerprint density at radius 1 is 0.822 bits per heavy atom. The van der Waals surface area contributed by atoms with Crippen molar-refractivity contribution < 1.29 is 27.9 Å². The molecule has 2 aliphatic rings. The Hall–Kier alpha value is -4.43. The molecule has 0 radical (unpaired) electrons. The van der Waals surface area contributed by atoms with Gasteiger partial charge in [0.2, 0.25) is 0 Å². The number of aliphatic carboxylic acids is 1. The zero-order chi connectivity index (χ0) is 31.6. The van der Waals surface area contributed by atoms with E-state index in [4.69, 9.17) is 0 Å². The molecule has 1 fully saturated rings. The van der Waals surface area contributed by atoms with Gasteiger partial charge in [0.25, 0.3) is 5.91 Å². The molecule has 0 aromatic heterocycles. The van der Waals surface area contributed by atoms with Crippen molar-refractivity contribution in [3.05, 3.63) is 131 Å². The number of carboxylic acid groups (broad SMARTS) is 1. The Kier molecular flexibility index (Phi) is 8.51. The summed E-state index contributed by atoms with van der Waals surface area (Å²) in [6.07, 6.45) is -1.60. The van der Waals surface area contributed by atoms with E-state index >= 15 is 0 Å². The number of carboxylic acids is 1. The summed E-state index contributed by atoms with van der Waals surface area (Å²) in [6, 6.07) is 29.3. The van der Waals surface area contributed by atoms with E-state index in [1.807, 2.05) is 48.5 Å². The lowest BCUT2D eigenvalue weighted by molar-refractivity contribution is -0.143. The molecule has 8 heteroatoms. The molecule has 45 heavy (non-hydrogen) atoms. The Balaban J connectivity index is 1.11. The van der Waals surface area contributed by atoms with Crippen molar-refractivity contribution in [3.8, 4) is 11.1 Å². The maximum atomic E-state index is 13.3. The average molecular weight is 613 g/mol. The summed E-state index contributed by atoms with van der Waals surface area (Å²) in [6.45, 7) is 2.42. The first kappa shape index (κ1) is 30.6. The van der Waals surface area contributed by atoms with Gasteiger partial charge in [-0.2, -0.15) is 13.2 Å². The second-order valence-electron chi connectivity index (χ2n) is 12.1. The smallest absolute Gasteiger partial charge is 0.416 e. The molecule has 1 amide bonds. The largest absolute Gasteiger partial charge is 0.480 e. The molecule has 0 bridgehead atoms. The molecule has 6 rings (SSSR count). The topological polar surface area (TPSA) is 69.6 Å². The molecule has 4 aromatic rings. The number of nitrogens with zero attached hydrogens (tertiary/aromatic N) is 1. The van der Waals surface area contributed by atoms with Crippen LogP contribution >= 0.6 is 0 Å². The lowest BCUT2D eigenvalue weighted by Gasteiger charge is -2.42. The molecule has 1 aliphatic carbocycles. The zero-order valence-electron chi connectivity index (χ0n) is 24.8. The Morgan fingerprint density at radius 2 is 1.47 bits per heavy atom. The fraction of sp³-hybridized carbons (Fsp3) is 0.297. The lowest BCUT2D eigenvalue weighted by atomic mass is 9.63. The summed E-state index contributed by atoms with van der Waals surface area (Å²) in [5, 5.41) is 13.7. The first-order valence-electron chi connectivity index (χ1n) is 15.3. The number of rotatable bonds is 7. The summed E-state index contributed by atoms with van der Waals surface area (Å²) in [5.74, 6) is -0.855. The van der Waals surface area contributed by atoms with Gasteiger partial charge in [-0.05, 0) is 77.6 Å². The maximum Gasteiger partial charge on any atom is 0.416 e. The highest BCUT2D eigenvalue weighted by Crippen LogP contribution is 2.47. The first-order chi connectivity index (χ1) is 21.7. The van der Waals surface area contributed by atoms with E-state index in [1.54, 1.807) is 24.3 Å². The summed E-state index contributed by atoms with van der Waals surface area (Å²) in [5.41, 5.74) is 2.54. The van der Waals surface area contributed by atoms with Gasteiger partial charge >= 0.3 is 12.1 Å². The number of benzene rings is 4. The van der Waals surface area contributed by atoms with E-state index in [1.165, 1.54) is 12.1 Å². The van der Waals surface area contributed by atoms with Crippen molar-refractivity contribution in [1.82, 2.24) is 10.2 Å². The third-order valence-electron chi connectivity index (χ3n) is 9.46. The predicted octanol–water partition coefficient (Wildman–Crippen LogP) is 7.51. The molecule has 4 aromatic carbocycles. The lowest BCUT2D eigenvalue weighted by Crippen LogP contribution is -2.47. The molecule has 2 unspecified atom stereocenters. The quantitative estimate of drug-likeness (QED) is 0.227. The van der Waals surface area contributed by atoms with Crippen molar-refractivity contribution >= 4 is 11.9 Å². The first-order valence-corrected chi connectivity index (χ1v) is 15.3. The zero-order valence-corrected chi connectivity index (χ0v) is 24.8. The molecule has 232 valence electrons. The van der Waals surface area contributed by atoms with Crippen LogP contribution in [-0.2, 0) is 16.4 Å². The summed E-state index contributed by atoms with van der Waals surface area (Å²) >= 11 is 0. The van der Waals surface area contributed by atoms with E-state index < -0.39 is 23.1 Å². The van der Waals surface area contributed by atoms with Crippen LogP contribution in [0.15, 0.2) is 103 Å². The van der Waals surface area contributed by atoms with Crippen molar-refractivity contribution in [2.45, 2.75) is 49.2 Å². The SMILES string of the molecule is O=C(NC1CCN(CC2CCC(C(=O)O)(c3ccccc3)c3ccccc32)CC1)c1ccccc1-c1ccc(C(F)(F)F)cc1. The van der Waals surface area contributed by atoms with Crippen LogP contribution in [0.4, 0.5) is 13.2 Å². The number of hydrogen-bond acceptors (Lipinski definition) is 3. The van der Waals surface area contributed by atoms with Crippen molar-refractivity contribution in [3.63, 3.8) is 0 Å². The standard InChI is InChI=1S/C37H35F3N2O3/c38-37(39,40)28-16-14-25(15-17-28)30-10-4-5-12-32(30)34(43)41-29-19-22-42(23-20-29)24-26-18-21-36(35(44)45,27-8-2-1-3-9-27)33-13-7-6-11-31(26)33/h1-17,26,29H,18-24H2,(H,41,43)(H,44,45). The Bertz CT molecular complexity index is 1660. The molecule has 2 atom stereocenters. The van der Waals surface area contributed by atoms with Gasteiger partial charge < -0.3 is 15.3 Å². The fourth-order valence-corrected chi connectivity index (χ4v) is 7.09. The van der Waals surface area contributed by atoms with Crippen LogP contribution in [0.25, 0.3) is 11.1 Å². The highest BCUT2D eigenvalue weighted by molar-refractivity contribution is 6.01. The summed E-state index contributed by atoms with van der Waals surface area (Å²) in [4.78, 5) is 28.6. The minimum atomic E-state index is -4.42. The number of carbonyl (C=O) groups is 2. The molecule has 5 nitrogen and oxygen atoms in total. The molecular formula is C37H35F3N2O3. The number of nitrogens with one attached hydrogen (secondary N) is 1. The average Bonchev–Trinajstić information content (AvgIpc) is 3.06. The number of amides is 1. The highest BCUT2D eigenvalue weighted by Gasteiger charge is 2.47.